The van der Waals surface area contributed by atoms with Crippen LogP contribution >= 0.6 is 11.3 Å². The van der Waals surface area contributed by atoms with Crippen molar-refractivity contribution in [2.45, 2.75) is 42.0 Å². The maximum absolute atomic E-state index is 12.0. The first-order chi connectivity index (χ1) is 7.59. The third kappa shape index (κ3) is 2.63. The predicted molar refractivity (Wildman–Crippen MR) is 64.9 cm³/mol. The van der Waals surface area contributed by atoms with E-state index in [2.05, 4.69) is 4.72 Å². The molecule has 1 saturated carbocycles. The van der Waals surface area contributed by atoms with Crippen molar-refractivity contribution in [3.05, 3.63) is 17.5 Å². The highest BCUT2D eigenvalue weighted by atomic mass is 32.2. The van der Waals surface area contributed by atoms with E-state index in [1.54, 1.807) is 17.5 Å². The van der Waals surface area contributed by atoms with Crippen LogP contribution in [-0.4, -0.2) is 20.5 Å². The Morgan fingerprint density at radius 3 is 2.75 bits per heavy atom. The highest BCUT2D eigenvalue weighted by Crippen LogP contribution is 2.21. The highest BCUT2D eigenvalue weighted by Gasteiger charge is 2.27. The van der Waals surface area contributed by atoms with Crippen molar-refractivity contribution in [1.29, 1.82) is 0 Å². The Labute approximate surface area is 99.9 Å². The van der Waals surface area contributed by atoms with Crippen LogP contribution in [0.1, 0.15) is 25.7 Å². The third-order valence-corrected chi connectivity index (χ3v) is 5.77. The zero-order valence-electron chi connectivity index (χ0n) is 8.93. The van der Waals surface area contributed by atoms with Crippen LogP contribution in [0.15, 0.2) is 21.7 Å². The summed E-state index contributed by atoms with van der Waals surface area (Å²) in [5.41, 5.74) is 5.92. The monoisotopic (exact) mass is 260 g/mol. The van der Waals surface area contributed by atoms with Gasteiger partial charge in [-0.2, -0.15) is 0 Å². The van der Waals surface area contributed by atoms with Gasteiger partial charge in [0.25, 0.3) is 0 Å². The summed E-state index contributed by atoms with van der Waals surface area (Å²) in [5, 5.41) is 1.76. The second kappa shape index (κ2) is 4.83. The summed E-state index contributed by atoms with van der Waals surface area (Å²) in [7, 11) is -3.36. The molecule has 2 rings (SSSR count). The molecule has 0 bridgehead atoms. The highest BCUT2D eigenvalue weighted by molar-refractivity contribution is 7.91. The number of nitrogens with two attached hydrogens (primary N) is 1. The molecule has 3 N–H and O–H groups in total. The van der Waals surface area contributed by atoms with Crippen LogP contribution in [0.25, 0.3) is 0 Å². The van der Waals surface area contributed by atoms with Gasteiger partial charge >= 0.3 is 0 Å². The first-order valence-electron chi connectivity index (χ1n) is 5.41. The average molecular weight is 260 g/mol. The molecule has 16 heavy (non-hydrogen) atoms. The summed E-state index contributed by atoms with van der Waals surface area (Å²) in [6.45, 7) is 0. The van der Waals surface area contributed by atoms with E-state index in [-0.39, 0.29) is 12.1 Å². The van der Waals surface area contributed by atoms with Gasteiger partial charge in [0.15, 0.2) is 0 Å². The summed E-state index contributed by atoms with van der Waals surface area (Å²) in [6, 6.07) is 3.19. The number of hydrogen-bond donors (Lipinski definition) is 2. The normalized spacial score (nSPS) is 26.8. The van der Waals surface area contributed by atoms with E-state index >= 15 is 0 Å². The van der Waals surface area contributed by atoms with Crippen molar-refractivity contribution < 1.29 is 8.42 Å². The Hall–Kier alpha value is -0.430. The van der Waals surface area contributed by atoms with Gasteiger partial charge in [0.05, 0.1) is 0 Å². The molecule has 0 radical (unpaired) electrons. The molecule has 0 saturated heterocycles. The van der Waals surface area contributed by atoms with Gasteiger partial charge in [-0.1, -0.05) is 18.9 Å². The number of rotatable bonds is 3. The number of hydrogen-bond acceptors (Lipinski definition) is 4. The Morgan fingerprint density at radius 1 is 1.38 bits per heavy atom. The predicted octanol–water partition coefficient (Wildman–Crippen LogP) is 1.30. The number of nitrogens with one attached hydrogen (secondary N) is 1. The van der Waals surface area contributed by atoms with E-state index < -0.39 is 10.0 Å². The molecule has 90 valence electrons. The van der Waals surface area contributed by atoms with Crippen molar-refractivity contribution in [1.82, 2.24) is 4.72 Å². The van der Waals surface area contributed by atoms with Crippen LogP contribution in [-0.2, 0) is 10.0 Å². The SMILES string of the molecule is N[C@H]1CCCC[C@H]1NS(=O)(=O)c1cccs1. The minimum atomic E-state index is -3.36. The minimum absolute atomic E-state index is 0.0523. The second-order valence-corrected chi connectivity index (χ2v) is 7.00. The summed E-state index contributed by atoms with van der Waals surface area (Å²) >= 11 is 1.23. The van der Waals surface area contributed by atoms with Crippen LogP contribution in [0.2, 0.25) is 0 Å². The fourth-order valence-corrected chi connectivity index (χ4v) is 4.31. The molecule has 1 aliphatic carbocycles. The zero-order valence-corrected chi connectivity index (χ0v) is 10.6. The molecule has 1 heterocycles. The van der Waals surface area contributed by atoms with Gasteiger partial charge in [-0.3, -0.25) is 0 Å². The lowest BCUT2D eigenvalue weighted by Gasteiger charge is -2.28. The first kappa shape index (κ1) is 12.0. The number of sulfonamides is 1. The Balaban J connectivity index is 2.09. The van der Waals surface area contributed by atoms with E-state index in [1.807, 2.05) is 0 Å². The standard InChI is InChI=1S/C10H16N2O2S2/c11-8-4-1-2-5-9(8)12-16(13,14)10-6-3-7-15-10/h3,6-9,12H,1-2,4-5,11H2/t8-,9+/m0/s1. The molecule has 0 unspecified atom stereocenters. The van der Waals surface area contributed by atoms with E-state index in [9.17, 15) is 8.42 Å². The molecule has 4 nitrogen and oxygen atoms in total. The van der Waals surface area contributed by atoms with Gasteiger partial charge in [-0.25, -0.2) is 13.1 Å². The Bertz CT molecular complexity index is 428. The van der Waals surface area contributed by atoms with Crippen molar-refractivity contribution in [3.8, 4) is 0 Å². The summed E-state index contributed by atoms with van der Waals surface area (Å²) in [6.07, 6.45) is 3.88. The smallest absolute Gasteiger partial charge is 0.250 e. The number of thiophene rings is 1. The molecule has 6 heteroatoms. The molecule has 1 aliphatic rings. The molecule has 0 spiro atoms. The minimum Gasteiger partial charge on any atom is -0.326 e. The summed E-state index contributed by atoms with van der Waals surface area (Å²) < 4.78 is 27.0. The largest absolute Gasteiger partial charge is 0.326 e. The maximum atomic E-state index is 12.0. The van der Waals surface area contributed by atoms with Gasteiger partial charge in [-0.15, -0.1) is 11.3 Å². The van der Waals surface area contributed by atoms with Crippen LogP contribution in [0.5, 0.6) is 0 Å². The molecule has 0 aliphatic heterocycles. The molecule has 0 aromatic carbocycles. The lowest BCUT2D eigenvalue weighted by atomic mass is 9.92. The maximum Gasteiger partial charge on any atom is 0.250 e. The quantitative estimate of drug-likeness (QED) is 0.860. The van der Waals surface area contributed by atoms with Crippen molar-refractivity contribution >= 4 is 21.4 Å². The zero-order chi connectivity index (χ0) is 11.6. The fourth-order valence-electron chi connectivity index (χ4n) is 1.98. The lowest BCUT2D eigenvalue weighted by Crippen LogP contribution is -2.49. The average Bonchev–Trinajstić information content (AvgIpc) is 2.75. The topological polar surface area (TPSA) is 72.2 Å². The van der Waals surface area contributed by atoms with Gasteiger partial charge in [0.1, 0.15) is 4.21 Å². The summed E-state index contributed by atoms with van der Waals surface area (Å²) in [5.74, 6) is 0. The van der Waals surface area contributed by atoms with Gasteiger partial charge in [0, 0.05) is 12.1 Å². The molecule has 1 aromatic rings. The Kier molecular flexibility index (Phi) is 3.63. The van der Waals surface area contributed by atoms with Gasteiger partial charge in [0.2, 0.25) is 10.0 Å². The second-order valence-electron chi connectivity index (χ2n) is 4.11. The van der Waals surface area contributed by atoms with Crippen molar-refractivity contribution in [2.75, 3.05) is 0 Å². The van der Waals surface area contributed by atoms with Crippen LogP contribution in [0, 0.1) is 0 Å². The van der Waals surface area contributed by atoms with E-state index in [4.69, 9.17) is 5.73 Å². The summed E-state index contributed by atoms with van der Waals surface area (Å²) in [4.78, 5) is 0. The van der Waals surface area contributed by atoms with E-state index in [1.165, 1.54) is 11.3 Å². The molecular weight excluding hydrogens is 244 g/mol. The van der Waals surface area contributed by atoms with Gasteiger partial charge in [-0.05, 0) is 24.3 Å². The molecule has 1 fully saturated rings. The van der Waals surface area contributed by atoms with Gasteiger partial charge < -0.3 is 5.73 Å². The molecular formula is C10H16N2O2S2. The van der Waals surface area contributed by atoms with Crippen LogP contribution < -0.4 is 10.5 Å². The fraction of sp³-hybridized carbons (Fsp3) is 0.600. The molecule has 0 amide bonds. The van der Waals surface area contributed by atoms with E-state index in [0.29, 0.717) is 4.21 Å². The van der Waals surface area contributed by atoms with Crippen LogP contribution in [0.4, 0.5) is 0 Å². The molecule has 1 aromatic heterocycles. The Morgan fingerprint density at radius 2 is 2.12 bits per heavy atom. The lowest BCUT2D eigenvalue weighted by molar-refractivity contribution is 0.361. The first-order valence-corrected chi connectivity index (χ1v) is 7.77. The molecule has 2 atom stereocenters. The third-order valence-electron chi connectivity index (χ3n) is 2.89. The van der Waals surface area contributed by atoms with E-state index in [0.717, 1.165) is 25.7 Å². The van der Waals surface area contributed by atoms with Crippen molar-refractivity contribution in [3.63, 3.8) is 0 Å². The van der Waals surface area contributed by atoms with Crippen molar-refractivity contribution in [2.24, 2.45) is 5.73 Å². The van der Waals surface area contributed by atoms with Crippen LogP contribution in [0.3, 0.4) is 0 Å².